The van der Waals surface area contributed by atoms with Crippen molar-refractivity contribution in [2.24, 2.45) is 0 Å². The van der Waals surface area contributed by atoms with Gasteiger partial charge in [0.1, 0.15) is 0 Å². The Morgan fingerprint density at radius 1 is 1.33 bits per heavy atom. The maximum Gasteiger partial charge on any atom is 0.0746 e. The third-order valence-electron chi connectivity index (χ3n) is 4.13. The van der Waals surface area contributed by atoms with Crippen molar-refractivity contribution in [3.63, 3.8) is 0 Å². The molecule has 21 heavy (non-hydrogen) atoms. The summed E-state index contributed by atoms with van der Waals surface area (Å²) in [5, 5.41) is 3.39. The summed E-state index contributed by atoms with van der Waals surface area (Å²) in [7, 11) is 3.54. The van der Waals surface area contributed by atoms with Gasteiger partial charge in [0.05, 0.1) is 12.7 Å². The van der Waals surface area contributed by atoms with Crippen LogP contribution >= 0.6 is 0 Å². The number of aryl methyl sites for hydroxylation is 1. The van der Waals surface area contributed by atoms with E-state index < -0.39 is 0 Å². The molecule has 0 amide bonds. The molecule has 0 aromatic heterocycles. The molecule has 4 heteroatoms. The monoisotopic (exact) mass is 292 g/mol. The van der Waals surface area contributed by atoms with Crippen LogP contribution in [0, 0.1) is 6.92 Å². The lowest BCUT2D eigenvalue weighted by atomic mass is 10.0. The van der Waals surface area contributed by atoms with Crippen LogP contribution in [-0.4, -0.2) is 46.6 Å². The lowest BCUT2D eigenvalue weighted by Crippen LogP contribution is -2.39. The molecule has 4 nitrogen and oxygen atoms in total. The van der Waals surface area contributed by atoms with Gasteiger partial charge in [0.25, 0.3) is 0 Å². The molecule has 1 aromatic carbocycles. The first-order chi connectivity index (χ1) is 10.2. The largest absolute Gasteiger partial charge is 0.383 e. The Bertz CT molecular complexity index is 437. The summed E-state index contributed by atoms with van der Waals surface area (Å²) < 4.78 is 10.6. The first kappa shape index (κ1) is 16.3. The Hall–Kier alpha value is -1.10. The fourth-order valence-electron chi connectivity index (χ4n) is 2.94. The molecule has 1 atom stereocenters. The van der Waals surface area contributed by atoms with E-state index in [4.69, 9.17) is 9.47 Å². The van der Waals surface area contributed by atoms with Gasteiger partial charge in [-0.15, -0.1) is 0 Å². The Morgan fingerprint density at radius 3 is 2.90 bits per heavy atom. The van der Waals surface area contributed by atoms with E-state index in [2.05, 4.69) is 35.3 Å². The molecule has 1 aliphatic rings. The zero-order valence-corrected chi connectivity index (χ0v) is 13.5. The van der Waals surface area contributed by atoms with Crippen LogP contribution in [0.15, 0.2) is 18.2 Å². The molecule has 0 bridgehead atoms. The van der Waals surface area contributed by atoms with Crippen molar-refractivity contribution in [1.82, 2.24) is 5.32 Å². The Kier molecular flexibility index (Phi) is 6.49. The van der Waals surface area contributed by atoms with Crippen molar-refractivity contribution in [3.8, 4) is 0 Å². The van der Waals surface area contributed by atoms with E-state index in [0.717, 1.165) is 32.8 Å². The van der Waals surface area contributed by atoms with Gasteiger partial charge in [-0.05, 0) is 37.0 Å². The Labute approximate surface area is 128 Å². The molecular formula is C17H28N2O2. The minimum absolute atomic E-state index is 0.369. The van der Waals surface area contributed by atoms with Crippen LogP contribution in [0.25, 0.3) is 0 Å². The van der Waals surface area contributed by atoms with E-state index in [1.807, 2.05) is 7.11 Å². The quantitative estimate of drug-likeness (QED) is 0.782. The second-order valence-corrected chi connectivity index (χ2v) is 5.74. The van der Waals surface area contributed by atoms with E-state index >= 15 is 0 Å². The van der Waals surface area contributed by atoms with Crippen molar-refractivity contribution in [3.05, 3.63) is 29.3 Å². The van der Waals surface area contributed by atoms with Gasteiger partial charge >= 0.3 is 0 Å². The Balaban J connectivity index is 1.95. The number of nitrogens with one attached hydrogen (secondary N) is 1. The number of benzene rings is 1. The predicted octanol–water partition coefficient (Wildman–Crippen LogP) is 2.35. The average Bonchev–Trinajstić information content (AvgIpc) is 2.52. The lowest BCUT2D eigenvalue weighted by Gasteiger charge is -2.34. The highest BCUT2D eigenvalue weighted by Crippen LogP contribution is 2.25. The molecule has 1 saturated heterocycles. The molecule has 1 unspecified atom stereocenters. The molecule has 1 N–H and O–H groups in total. The first-order valence-corrected chi connectivity index (χ1v) is 7.81. The summed E-state index contributed by atoms with van der Waals surface area (Å²) in [4.78, 5) is 2.45. The standard InChI is InChI=1S/C17H28N2O2/c1-14-11-15(12-18-8-10-20-2)6-7-17(14)19-9-4-5-16(13-19)21-3/h6-7,11,16,18H,4-5,8-10,12-13H2,1-3H3. The molecule has 0 spiro atoms. The number of rotatable bonds is 7. The number of anilines is 1. The fraction of sp³-hybridized carbons (Fsp3) is 0.647. The third kappa shape index (κ3) is 4.70. The summed E-state index contributed by atoms with van der Waals surface area (Å²) in [6.07, 6.45) is 2.75. The molecule has 1 fully saturated rings. The maximum atomic E-state index is 5.52. The van der Waals surface area contributed by atoms with Gasteiger partial charge in [-0.25, -0.2) is 0 Å². The minimum atomic E-state index is 0.369. The van der Waals surface area contributed by atoms with Gasteiger partial charge < -0.3 is 19.7 Å². The molecule has 1 heterocycles. The molecule has 1 aliphatic heterocycles. The van der Waals surface area contributed by atoms with Gasteiger partial charge in [-0.3, -0.25) is 0 Å². The van der Waals surface area contributed by atoms with Crippen molar-refractivity contribution in [2.45, 2.75) is 32.4 Å². The van der Waals surface area contributed by atoms with E-state index in [0.29, 0.717) is 6.10 Å². The van der Waals surface area contributed by atoms with Crippen molar-refractivity contribution >= 4 is 5.69 Å². The van der Waals surface area contributed by atoms with Gasteiger partial charge in [-0.1, -0.05) is 12.1 Å². The summed E-state index contributed by atoms with van der Waals surface area (Å²) in [5.74, 6) is 0. The summed E-state index contributed by atoms with van der Waals surface area (Å²) in [6.45, 7) is 6.87. The Morgan fingerprint density at radius 2 is 2.19 bits per heavy atom. The topological polar surface area (TPSA) is 33.7 Å². The highest BCUT2D eigenvalue weighted by Gasteiger charge is 2.20. The third-order valence-corrected chi connectivity index (χ3v) is 4.13. The van der Waals surface area contributed by atoms with E-state index in [9.17, 15) is 0 Å². The van der Waals surface area contributed by atoms with Crippen LogP contribution in [0.1, 0.15) is 24.0 Å². The van der Waals surface area contributed by atoms with Gasteiger partial charge in [0.2, 0.25) is 0 Å². The zero-order chi connectivity index (χ0) is 15.1. The second kappa shape index (κ2) is 8.37. The summed E-state index contributed by atoms with van der Waals surface area (Å²) in [6, 6.07) is 6.75. The first-order valence-electron chi connectivity index (χ1n) is 7.81. The smallest absolute Gasteiger partial charge is 0.0746 e. The zero-order valence-electron chi connectivity index (χ0n) is 13.5. The number of hydrogen-bond acceptors (Lipinski definition) is 4. The van der Waals surface area contributed by atoms with E-state index in [1.165, 1.54) is 29.7 Å². The van der Waals surface area contributed by atoms with E-state index in [-0.39, 0.29) is 0 Å². The number of piperidine rings is 1. The summed E-state index contributed by atoms with van der Waals surface area (Å²) >= 11 is 0. The number of methoxy groups -OCH3 is 2. The normalized spacial score (nSPS) is 19.0. The summed E-state index contributed by atoms with van der Waals surface area (Å²) in [5.41, 5.74) is 4.02. The molecular weight excluding hydrogens is 264 g/mol. The predicted molar refractivity (Wildman–Crippen MR) is 87.0 cm³/mol. The highest BCUT2D eigenvalue weighted by molar-refractivity contribution is 5.55. The van der Waals surface area contributed by atoms with Crippen LogP contribution in [0.2, 0.25) is 0 Å². The molecule has 2 rings (SSSR count). The molecule has 118 valence electrons. The number of nitrogens with zero attached hydrogens (tertiary/aromatic N) is 1. The van der Waals surface area contributed by atoms with Crippen LogP contribution in [-0.2, 0) is 16.0 Å². The van der Waals surface area contributed by atoms with Gasteiger partial charge in [0.15, 0.2) is 0 Å². The minimum Gasteiger partial charge on any atom is -0.383 e. The molecule has 0 saturated carbocycles. The van der Waals surface area contributed by atoms with Crippen LogP contribution < -0.4 is 10.2 Å². The lowest BCUT2D eigenvalue weighted by molar-refractivity contribution is 0.0893. The van der Waals surface area contributed by atoms with E-state index in [1.54, 1.807) is 7.11 Å². The number of ether oxygens (including phenoxy) is 2. The SMILES string of the molecule is COCCNCc1ccc(N2CCCC(OC)C2)c(C)c1. The van der Waals surface area contributed by atoms with Gasteiger partial charge in [0, 0.05) is 46.1 Å². The fourth-order valence-corrected chi connectivity index (χ4v) is 2.94. The number of hydrogen-bond donors (Lipinski definition) is 1. The van der Waals surface area contributed by atoms with Crippen molar-refractivity contribution in [2.75, 3.05) is 45.4 Å². The second-order valence-electron chi connectivity index (χ2n) is 5.74. The molecule has 0 aliphatic carbocycles. The average molecular weight is 292 g/mol. The van der Waals surface area contributed by atoms with Crippen molar-refractivity contribution in [1.29, 1.82) is 0 Å². The van der Waals surface area contributed by atoms with Crippen LogP contribution in [0.4, 0.5) is 5.69 Å². The van der Waals surface area contributed by atoms with Crippen LogP contribution in [0.5, 0.6) is 0 Å². The maximum absolute atomic E-state index is 5.52. The highest BCUT2D eigenvalue weighted by atomic mass is 16.5. The van der Waals surface area contributed by atoms with Gasteiger partial charge in [-0.2, -0.15) is 0 Å². The molecule has 0 radical (unpaired) electrons. The van der Waals surface area contributed by atoms with Crippen molar-refractivity contribution < 1.29 is 9.47 Å². The molecule has 1 aromatic rings. The van der Waals surface area contributed by atoms with Crippen LogP contribution in [0.3, 0.4) is 0 Å².